The second-order valence-corrected chi connectivity index (χ2v) is 5.21. The van der Waals surface area contributed by atoms with E-state index in [-0.39, 0.29) is 5.91 Å². The number of benzene rings is 2. The van der Waals surface area contributed by atoms with Crippen molar-refractivity contribution in [2.75, 3.05) is 29.9 Å². The second kappa shape index (κ2) is 7.22. The molecule has 0 aliphatic heterocycles. The van der Waals surface area contributed by atoms with E-state index in [1.165, 1.54) is 11.0 Å². The van der Waals surface area contributed by atoms with Gasteiger partial charge in [0.15, 0.2) is 11.6 Å². The minimum atomic E-state index is -0.964. The molecule has 0 bridgehead atoms. The number of anilines is 2. The molecule has 0 aromatic heterocycles. The number of carbonyl (C=O) groups is 1. The van der Waals surface area contributed by atoms with Crippen molar-refractivity contribution in [3.8, 4) is 0 Å². The van der Waals surface area contributed by atoms with Crippen molar-refractivity contribution in [3.05, 3.63) is 59.7 Å². The van der Waals surface area contributed by atoms with Crippen LogP contribution in [0, 0.1) is 11.6 Å². The molecule has 1 amide bonds. The molecule has 23 heavy (non-hydrogen) atoms. The first-order valence-corrected chi connectivity index (χ1v) is 7.56. The molecule has 0 fully saturated rings. The molecule has 2 aromatic carbocycles. The summed E-state index contributed by atoms with van der Waals surface area (Å²) in [5.74, 6) is -2.14. The van der Waals surface area contributed by atoms with Gasteiger partial charge in [-0.3, -0.25) is 4.79 Å². The molecule has 0 N–H and O–H groups in total. The van der Waals surface area contributed by atoms with Gasteiger partial charge in [-0.15, -0.1) is 0 Å². The lowest BCUT2D eigenvalue weighted by molar-refractivity contribution is 0.0988. The minimum Gasteiger partial charge on any atom is -0.375 e. The fraction of sp³-hybridized carbons (Fsp3) is 0.278. The topological polar surface area (TPSA) is 23.6 Å². The van der Waals surface area contributed by atoms with Gasteiger partial charge in [0.2, 0.25) is 0 Å². The van der Waals surface area contributed by atoms with Gasteiger partial charge in [-0.2, -0.15) is 0 Å². The number of rotatable bonds is 5. The quantitative estimate of drug-likeness (QED) is 0.829. The number of halogens is 2. The first kappa shape index (κ1) is 16.9. The zero-order valence-corrected chi connectivity index (χ0v) is 13.5. The molecule has 5 heteroatoms. The largest absolute Gasteiger partial charge is 0.375 e. The van der Waals surface area contributed by atoms with Crippen molar-refractivity contribution in [1.29, 1.82) is 0 Å². The molecule has 0 atom stereocenters. The summed E-state index contributed by atoms with van der Waals surface area (Å²) in [7, 11) is 1.97. The highest BCUT2D eigenvalue weighted by molar-refractivity contribution is 6.06. The van der Waals surface area contributed by atoms with E-state index in [1.54, 1.807) is 19.1 Å². The first-order chi connectivity index (χ1) is 11.0. The molecule has 0 aliphatic rings. The van der Waals surface area contributed by atoms with Crippen LogP contribution >= 0.6 is 0 Å². The zero-order valence-electron chi connectivity index (χ0n) is 13.5. The summed E-state index contributed by atoms with van der Waals surface area (Å²) in [5, 5.41) is 0. The van der Waals surface area contributed by atoms with Crippen molar-refractivity contribution in [2.24, 2.45) is 0 Å². The summed E-state index contributed by atoms with van der Waals surface area (Å²) in [6.45, 7) is 5.06. The van der Waals surface area contributed by atoms with Crippen molar-refractivity contribution < 1.29 is 13.6 Å². The molecule has 0 heterocycles. The third-order valence-electron chi connectivity index (χ3n) is 3.81. The molecular formula is C18H20F2N2O. The fourth-order valence-electron chi connectivity index (χ4n) is 2.29. The molecule has 0 saturated heterocycles. The van der Waals surface area contributed by atoms with Gasteiger partial charge in [0.25, 0.3) is 5.91 Å². The van der Waals surface area contributed by atoms with E-state index in [9.17, 15) is 13.6 Å². The monoisotopic (exact) mass is 318 g/mol. The maximum Gasteiger partial charge on any atom is 0.258 e. The Morgan fingerprint density at radius 1 is 0.913 bits per heavy atom. The minimum absolute atomic E-state index is 0.246. The summed E-state index contributed by atoms with van der Waals surface area (Å²) >= 11 is 0. The van der Waals surface area contributed by atoms with Gasteiger partial charge in [0.1, 0.15) is 0 Å². The standard InChI is InChI=1S/C18H20F2N2O/c1-4-21(3)14-8-6-13(7-9-14)18(23)22(5-2)15-10-11-16(19)17(20)12-15/h6-12H,4-5H2,1-3H3. The Hall–Kier alpha value is -2.43. The van der Waals surface area contributed by atoms with Crippen LogP contribution in [0.4, 0.5) is 20.2 Å². The number of amides is 1. The molecule has 2 rings (SSSR count). The van der Waals surface area contributed by atoms with Gasteiger partial charge in [-0.1, -0.05) is 0 Å². The Labute approximate surface area is 135 Å². The first-order valence-electron chi connectivity index (χ1n) is 7.56. The molecule has 3 nitrogen and oxygen atoms in total. The predicted octanol–water partition coefficient (Wildman–Crippen LogP) is 4.09. The van der Waals surface area contributed by atoms with Crippen molar-refractivity contribution in [1.82, 2.24) is 0 Å². The fourth-order valence-corrected chi connectivity index (χ4v) is 2.29. The van der Waals surface area contributed by atoms with Crippen molar-refractivity contribution in [3.63, 3.8) is 0 Å². The van der Waals surface area contributed by atoms with Gasteiger partial charge in [-0.05, 0) is 50.2 Å². The Balaban J connectivity index is 2.27. The van der Waals surface area contributed by atoms with Gasteiger partial charge in [-0.25, -0.2) is 8.78 Å². The summed E-state index contributed by atoms with van der Waals surface area (Å²) in [6, 6.07) is 10.7. The van der Waals surface area contributed by atoms with E-state index in [1.807, 2.05) is 26.1 Å². The van der Waals surface area contributed by atoms with Crippen LogP contribution in [0.3, 0.4) is 0 Å². The Morgan fingerprint density at radius 3 is 2.04 bits per heavy atom. The van der Waals surface area contributed by atoms with Crippen molar-refractivity contribution >= 4 is 17.3 Å². The molecular weight excluding hydrogens is 298 g/mol. The Bertz CT molecular complexity index is 686. The van der Waals surface area contributed by atoms with Gasteiger partial charge in [0, 0.05) is 43.1 Å². The van der Waals surface area contributed by atoms with E-state index in [0.29, 0.717) is 17.8 Å². The normalized spacial score (nSPS) is 10.5. The average molecular weight is 318 g/mol. The number of nitrogens with zero attached hydrogens (tertiary/aromatic N) is 2. The molecule has 0 aliphatic carbocycles. The van der Waals surface area contributed by atoms with Crippen LogP contribution in [0.5, 0.6) is 0 Å². The van der Waals surface area contributed by atoms with E-state index in [0.717, 1.165) is 24.4 Å². The lowest BCUT2D eigenvalue weighted by atomic mass is 10.1. The smallest absolute Gasteiger partial charge is 0.258 e. The maximum absolute atomic E-state index is 13.4. The molecule has 0 unspecified atom stereocenters. The van der Waals surface area contributed by atoms with Crippen LogP contribution in [0.25, 0.3) is 0 Å². The third-order valence-corrected chi connectivity index (χ3v) is 3.81. The van der Waals surface area contributed by atoms with Crippen LogP contribution in [0.2, 0.25) is 0 Å². The Kier molecular flexibility index (Phi) is 5.32. The lowest BCUT2D eigenvalue weighted by Gasteiger charge is -2.22. The zero-order chi connectivity index (χ0) is 17.0. The van der Waals surface area contributed by atoms with E-state index in [4.69, 9.17) is 0 Å². The number of hydrogen-bond donors (Lipinski definition) is 0. The summed E-state index contributed by atoms with van der Waals surface area (Å²) in [6.07, 6.45) is 0. The molecule has 2 aromatic rings. The summed E-state index contributed by atoms with van der Waals surface area (Å²) in [5.41, 5.74) is 1.86. The SMILES string of the molecule is CCN(C)c1ccc(C(=O)N(CC)c2ccc(F)c(F)c2)cc1. The third kappa shape index (κ3) is 3.67. The van der Waals surface area contributed by atoms with Gasteiger partial charge >= 0.3 is 0 Å². The number of hydrogen-bond acceptors (Lipinski definition) is 2. The lowest BCUT2D eigenvalue weighted by Crippen LogP contribution is -2.30. The van der Waals surface area contributed by atoms with E-state index in [2.05, 4.69) is 4.90 Å². The summed E-state index contributed by atoms with van der Waals surface area (Å²) in [4.78, 5) is 16.1. The highest BCUT2D eigenvalue weighted by Crippen LogP contribution is 2.21. The van der Waals surface area contributed by atoms with Crippen LogP contribution in [0.15, 0.2) is 42.5 Å². The molecule has 122 valence electrons. The molecule has 0 spiro atoms. The van der Waals surface area contributed by atoms with Gasteiger partial charge in [0.05, 0.1) is 0 Å². The van der Waals surface area contributed by atoms with Crippen LogP contribution < -0.4 is 9.80 Å². The Morgan fingerprint density at radius 2 is 1.52 bits per heavy atom. The van der Waals surface area contributed by atoms with Crippen LogP contribution in [-0.2, 0) is 0 Å². The summed E-state index contributed by atoms with van der Waals surface area (Å²) < 4.78 is 26.5. The highest BCUT2D eigenvalue weighted by atomic mass is 19.2. The van der Waals surface area contributed by atoms with E-state index >= 15 is 0 Å². The van der Waals surface area contributed by atoms with E-state index < -0.39 is 11.6 Å². The van der Waals surface area contributed by atoms with Crippen molar-refractivity contribution in [2.45, 2.75) is 13.8 Å². The predicted molar refractivity (Wildman–Crippen MR) is 89.1 cm³/mol. The maximum atomic E-state index is 13.4. The van der Waals surface area contributed by atoms with Gasteiger partial charge < -0.3 is 9.80 Å². The van der Waals surface area contributed by atoms with Crippen LogP contribution in [-0.4, -0.2) is 26.0 Å². The molecule has 0 saturated carbocycles. The number of carbonyl (C=O) groups excluding carboxylic acids is 1. The average Bonchev–Trinajstić information content (AvgIpc) is 2.58. The second-order valence-electron chi connectivity index (χ2n) is 5.21. The van der Waals surface area contributed by atoms with Crippen LogP contribution in [0.1, 0.15) is 24.2 Å². The highest BCUT2D eigenvalue weighted by Gasteiger charge is 2.17. The molecule has 0 radical (unpaired) electrons.